The molecule has 0 saturated carbocycles. The van der Waals surface area contributed by atoms with E-state index in [9.17, 15) is 0 Å². The van der Waals surface area contributed by atoms with Crippen LogP contribution in [0.25, 0.3) is 33.2 Å². The van der Waals surface area contributed by atoms with Crippen LogP contribution in [-0.4, -0.2) is 12.0 Å². The average molecular weight is 360 g/mol. The van der Waals surface area contributed by atoms with Crippen molar-refractivity contribution in [3.8, 4) is 17.0 Å². The minimum Gasteiger partial charge on any atom is -0.536 e. The number of anilines is 2. The molecule has 2 aliphatic heterocycles. The molecule has 0 radical (unpaired) electrons. The molecule has 0 saturated heterocycles. The maximum atomic E-state index is 6.44. The number of hydrogen-bond donors (Lipinski definition) is 0. The highest BCUT2D eigenvalue weighted by Crippen LogP contribution is 2.48. The number of nitrogens with zero attached hydrogens (tertiary/aromatic N) is 2. The summed E-state index contributed by atoms with van der Waals surface area (Å²) < 4.78 is 12.5. The Kier molecular flexibility index (Phi) is 2.54. The van der Waals surface area contributed by atoms with Gasteiger partial charge in [-0.05, 0) is 29.7 Å². The number of furan rings is 1. The van der Waals surface area contributed by atoms with Crippen molar-refractivity contribution in [1.29, 1.82) is 0 Å². The van der Waals surface area contributed by atoms with Gasteiger partial charge in [0.15, 0.2) is 0 Å². The lowest BCUT2D eigenvalue weighted by Gasteiger charge is -2.30. The Morgan fingerprint density at radius 3 is 2.68 bits per heavy atom. The summed E-state index contributed by atoms with van der Waals surface area (Å²) in [5.41, 5.74) is 7.10. The van der Waals surface area contributed by atoms with E-state index in [-0.39, 0.29) is 7.05 Å². The van der Waals surface area contributed by atoms with Gasteiger partial charge in [-0.2, -0.15) is 0 Å². The topological polar surface area (TPSA) is 38.5 Å². The van der Waals surface area contributed by atoms with Gasteiger partial charge in [0, 0.05) is 28.6 Å². The van der Waals surface area contributed by atoms with Crippen molar-refractivity contribution >= 4 is 45.8 Å². The Morgan fingerprint density at radius 1 is 0.786 bits per heavy atom. The SMILES string of the molecule is c1ccc2c(c1)B1Oc3cc4oc5ccccc5c4cc3N1c1cccnc1-2. The van der Waals surface area contributed by atoms with Crippen LogP contribution in [0.2, 0.25) is 0 Å². The van der Waals surface area contributed by atoms with Gasteiger partial charge in [-0.15, -0.1) is 0 Å². The Bertz CT molecular complexity index is 1430. The first kappa shape index (κ1) is 14.3. The van der Waals surface area contributed by atoms with Crippen LogP contribution < -0.4 is 14.9 Å². The molecule has 2 aliphatic rings. The monoisotopic (exact) mass is 360 g/mol. The number of pyridine rings is 1. The highest BCUT2D eigenvalue weighted by atomic mass is 16.5. The summed E-state index contributed by atoms with van der Waals surface area (Å²) in [7, 11) is -0.194. The summed E-state index contributed by atoms with van der Waals surface area (Å²) in [6.07, 6.45) is 1.85. The maximum Gasteiger partial charge on any atom is 0.525 e. The zero-order valence-corrected chi connectivity index (χ0v) is 14.8. The van der Waals surface area contributed by atoms with E-state index in [0.29, 0.717) is 0 Å². The van der Waals surface area contributed by atoms with Gasteiger partial charge in [0.25, 0.3) is 0 Å². The van der Waals surface area contributed by atoms with Crippen molar-refractivity contribution in [3.05, 3.63) is 79.0 Å². The molecule has 4 nitrogen and oxygen atoms in total. The quantitative estimate of drug-likeness (QED) is 0.369. The van der Waals surface area contributed by atoms with Gasteiger partial charge in [0.1, 0.15) is 16.9 Å². The fraction of sp³-hybridized carbons (Fsp3) is 0. The third-order valence-corrected chi connectivity index (χ3v) is 5.72. The summed E-state index contributed by atoms with van der Waals surface area (Å²) in [4.78, 5) is 6.93. The third kappa shape index (κ3) is 1.69. The molecule has 5 aromatic rings. The molecule has 7 rings (SSSR count). The molecule has 0 unspecified atom stereocenters. The predicted octanol–water partition coefficient (Wildman–Crippen LogP) is 4.89. The molecule has 0 bridgehead atoms. The third-order valence-electron chi connectivity index (χ3n) is 5.72. The van der Waals surface area contributed by atoms with Crippen molar-refractivity contribution in [2.24, 2.45) is 0 Å². The van der Waals surface area contributed by atoms with E-state index in [4.69, 9.17) is 9.07 Å². The lowest BCUT2D eigenvalue weighted by molar-refractivity contribution is 0.600. The summed E-state index contributed by atoms with van der Waals surface area (Å²) in [5.74, 6) is 0.836. The Morgan fingerprint density at radius 2 is 1.68 bits per heavy atom. The van der Waals surface area contributed by atoms with Crippen LogP contribution in [0.1, 0.15) is 0 Å². The summed E-state index contributed by atoms with van der Waals surface area (Å²) in [6.45, 7) is 0. The van der Waals surface area contributed by atoms with Gasteiger partial charge in [-0.1, -0.05) is 42.5 Å². The lowest BCUT2D eigenvalue weighted by Crippen LogP contribution is -2.50. The van der Waals surface area contributed by atoms with Crippen LogP contribution in [0.5, 0.6) is 5.75 Å². The van der Waals surface area contributed by atoms with Gasteiger partial charge in [0.2, 0.25) is 0 Å². The molecular formula is C23H13BN2O2. The molecule has 3 aromatic carbocycles. The Labute approximate surface area is 161 Å². The number of aromatic nitrogens is 1. The van der Waals surface area contributed by atoms with Crippen molar-refractivity contribution in [1.82, 2.24) is 4.98 Å². The van der Waals surface area contributed by atoms with Gasteiger partial charge >= 0.3 is 7.05 Å². The fourth-order valence-corrected chi connectivity index (χ4v) is 4.51. The van der Waals surface area contributed by atoms with E-state index >= 15 is 0 Å². The molecule has 5 heteroatoms. The zero-order chi connectivity index (χ0) is 18.2. The van der Waals surface area contributed by atoms with E-state index in [1.165, 1.54) is 0 Å². The zero-order valence-electron chi connectivity index (χ0n) is 14.8. The average Bonchev–Trinajstić information content (AvgIpc) is 3.30. The van der Waals surface area contributed by atoms with Crippen LogP contribution in [0, 0.1) is 0 Å². The van der Waals surface area contributed by atoms with Crippen LogP contribution in [-0.2, 0) is 0 Å². The van der Waals surface area contributed by atoms with E-state index < -0.39 is 0 Å². The van der Waals surface area contributed by atoms with E-state index in [1.54, 1.807) is 0 Å². The smallest absolute Gasteiger partial charge is 0.525 e. The first-order chi connectivity index (χ1) is 13.9. The van der Waals surface area contributed by atoms with E-state index in [2.05, 4.69) is 46.2 Å². The molecule has 0 atom stereocenters. The number of fused-ring (bicyclic) bond motifs is 11. The van der Waals surface area contributed by atoms with Crippen LogP contribution in [0.3, 0.4) is 0 Å². The predicted molar refractivity (Wildman–Crippen MR) is 112 cm³/mol. The van der Waals surface area contributed by atoms with Gasteiger partial charge in [0.05, 0.1) is 17.1 Å². The molecule has 0 N–H and O–H groups in total. The molecular weight excluding hydrogens is 347 g/mol. The second-order valence-corrected chi connectivity index (χ2v) is 7.21. The Balaban J connectivity index is 1.54. The first-order valence-electron chi connectivity index (χ1n) is 9.34. The van der Waals surface area contributed by atoms with Gasteiger partial charge in [-0.25, -0.2) is 0 Å². The summed E-state index contributed by atoms with van der Waals surface area (Å²) in [6, 6.07) is 24.8. The molecule has 0 fully saturated rings. The molecule has 0 spiro atoms. The summed E-state index contributed by atoms with van der Waals surface area (Å²) >= 11 is 0. The molecule has 28 heavy (non-hydrogen) atoms. The molecule has 0 aliphatic carbocycles. The van der Waals surface area contributed by atoms with Crippen molar-refractivity contribution in [3.63, 3.8) is 0 Å². The fourth-order valence-electron chi connectivity index (χ4n) is 4.51. The summed E-state index contributed by atoms with van der Waals surface area (Å²) in [5, 5.41) is 2.22. The lowest BCUT2D eigenvalue weighted by atomic mass is 9.65. The number of rotatable bonds is 0. The molecule has 0 amide bonds. The number of benzene rings is 3. The van der Waals surface area contributed by atoms with Crippen LogP contribution in [0.15, 0.2) is 83.4 Å². The van der Waals surface area contributed by atoms with E-state index in [0.717, 1.165) is 55.8 Å². The minimum atomic E-state index is -0.194. The molecule has 4 heterocycles. The minimum absolute atomic E-state index is 0.194. The highest BCUT2D eigenvalue weighted by molar-refractivity contribution is 6.77. The largest absolute Gasteiger partial charge is 0.536 e. The van der Waals surface area contributed by atoms with Gasteiger partial charge < -0.3 is 13.9 Å². The first-order valence-corrected chi connectivity index (χ1v) is 9.34. The second-order valence-electron chi connectivity index (χ2n) is 7.21. The highest BCUT2D eigenvalue weighted by Gasteiger charge is 2.45. The molecule has 130 valence electrons. The van der Waals surface area contributed by atoms with Crippen molar-refractivity contribution in [2.45, 2.75) is 0 Å². The van der Waals surface area contributed by atoms with Crippen molar-refractivity contribution in [2.75, 3.05) is 4.81 Å². The van der Waals surface area contributed by atoms with Crippen LogP contribution >= 0.6 is 0 Å². The van der Waals surface area contributed by atoms with Gasteiger partial charge in [-0.3, -0.25) is 4.98 Å². The second kappa shape index (κ2) is 4.96. The number of para-hydroxylation sites is 1. The normalized spacial score (nSPS) is 13.9. The Hall–Kier alpha value is -3.73. The standard InChI is InChI=1S/C23H13BN2O2/c1-3-8-17-15(7-1)23-18(9-5-11-25-23)26-19-12-16-14-6-2-4-10-20(14)27-21(16)13-22(19)28-24(17)26/h1-13H. The van der Waals surface area contributed by atoms with E-state index in [1.807, 2.05) is 42.6 Å². The molecule has 2 aromatic heterocycles. The number of hydrogen-bond acceptors (Lipinski definition) is 4. The van der Waals surface area contributed by atoms with Crippen LogP contribution in [0.4, 0.5) is 11.4 Å². The maximum absolute atomic E-state index is 6.44. The van der Waals surface area contributed by atoms with Crippen molar-refractivity contribution < 1.29 is 9.07 Å².